The van der Waals surface area contributed by atoms with Gasteiger partial charge in [-0.1, -0.05) is 270 Å². The van der Waals surface area contributed by atoms with E-state index < -0.39 is 67.4 Å². The lowest BCUT2D eigenvalue weighted by atomic mass is 9.99. The van der Waals surface area contributed by atoms with Crippen molar-refractivity contribution in [1.82, 2.24) is 5.32 Å². The highest BCUT2D eigenvalue weighted by Crippen LogP contribution is 2.26. The largest absolute Gasteiger partial charge is 0.454 e. The van der Waals surface area contributed by atoms with Crippen molar-refractivity contribution in [2.24, 2.45) is 0 Å². The van der Waals surface area contributed by atoms with Gasteiger partial charge in [-0.05, 0) is 51.4 Å². The van der Waals surface area contributed by atoms with Gasteiger partial charge in [-0.2, -0.15) is 0 Å². The molecule has 0 aromatic carbocycles. The summed E-state index contributed by atoms with van der Waals surface area (Å²) in [5.74, 6) is -1.18. The van der Waals surface area contributed by atoms with Gasteiger partial charge in [0.05, 0.1) is 25.4 Å². The van der Waals surface area contributed by atoms with Crippen LogP contribution in [0.5, 0.6) is 0 Å². The number of rotatable bonds is 54. The van der Waals surface area contributed by atoms with Crippen molar-refractivity contribution in [3.05, 3.63) is 24.3 Å². The Labute approximate surface area is 454 Å². The first kappa shape index (κ1) is 70.2. The lowest BCUT2D eigenvalue weighted by Crippen LogP contribution is -2.61. The SMILES string of the molecule is CCCCCCCC/C=C/CCCCCCCCCCCCC(O)C(=O)NC(COC1OC(CO)C(O)C(O)C1OC(=O)CCCCCCCCCCCCCCCC)C(O)/C=C/CCCCCCCCCCC. The second-order valence-corrected chi connectivity index (χ2v) is 22.1. The molecule has 1 heterocycles. The Morgan fingerprint density at radius 2 is 0.892 bits per heavy atom. The monoisotopic (exact) mass is 1050 g/mol. The normalized spacial score (nSPS) is 19.4. The van der Waals surface area contributed by atoms with Crippen LogP contribution < -0.4 is 5.32 Å². The van der Waals surface area contributed by atoms with Gasteiger partial charge in [-0.15, -0.1) is 0 Å². The van der Waals surface area contributed by atoms with Gasteiger partial charge in [0.25, 0.3) is 0 Å². The van der Waals surface area contributed by atoms with E-state index in [1.807, 2.05) is 6.08 Å². The number of unbranched alkanes of at least 4 members (excludes halogenated alkanes) is 38. The number of nitrogens with one attached hydrogen (secondary N) is 1. The minimum Gasteiger partial charge on any atom is -0.454 e. The Bertz CT molecular complexity index is 1300. The number of esters is 1. The molecule has 0 bridgehead atoms. The van der Waals surface area contributed by atoms with Crippen molar-refractivity contribution in [1.29, 1.82) is 0 Å². The average Bonchev–Trinajstić information content (AvgIpc) is 3.40. The molecule has 0 spiro atoms. The van der Waals surface area contributed by atoms with E-state index in [4.69, 9.17) is 14.2 Å². The highest BCUT2D eigenvalue weighted by molar-refractivity contribution is 5.80. The molecule has 1 fully saturated rings. The zero-order valence-electron chi connectivity index (χ0n) is 48.2. The van der Waals surface area contributed by atoms with Gasteiger partial charge < -0.3 is 45.1 Å². The first-order chi connectivity index (χ1) is 36.2. The fourth-order valence-corrected chi connectivity index (χ4v) is 10.1. The van der Waals surface area contributed by atoms with Crippen molar-refractivity contribution in [3.8, 4) is 0 Å². The third-order valence-electron chi connectivity index (χ3n) is 15.1. The third kappa shape index (κ3) is 39.5. The fourth-order valence-electron chi connectivity index (χ4n) is 10.1. The van der Waals surface area contributed by atoms with E-state index in [1.165, 1.54) is 199 Å². The molecule has 0 aromatic heterocycles. The minimum absolute atomic E-state index is 0.129. The lowest BCUT2D eigenvalue weighted by Gasteiger charge is -2.41. The number of ether oxygens (including phenoxy) is 3. The second-order valence-electron chi connectivity index (χ2n) is 22.1. The van der Waals surface area contributed by atoms with E-state index in [0.717, 1.165) is 57.8 Å². The maximum absolute atomic E-state index is 13.4. The molecule has 0 radical (unpaired) electrons. The summed E-state index contributed by atoms with van der Waals surface area (Å²) in [7, 11) is 0. The predicted molar refractivity (Wildman–Crippen MR) is 306 cm³/mol. The molecule has 0 aliphatic carbocycles. The summed E-state index contributed by atoms with van der Waals surface area (Å²) in [6.45, 7) is 5.80. The molecule has 74 heavy (non-hydrogen) atoms. The van der Waals surface area contributed by atoms with E-state index in [1.54, 1.807) is 6.08 Å². The van der Waals surface area contributed by atoms with Crippen molar-refractivity contribution >= 4 is 11.9 Å². The number of carbonyl (C=O) groups is 2. The van der Waals surface area contributed by atoms with Crippen LogP contribution in [-0.2, 0) is 23.8 Å². The second kappa shape index (κ2) is 51.9. The van der Waals surface area contributed by atoms with E-state index in [9.17, 15) is 35.1 Å². The highest BCUT2D eigenvalue weighted by atomic mass is 16.7. The molecule has 8 unspecified atom stereocenters. The molecule has 11 nitrogen and oxygen atoms in total. The first-order valence-corrected chi connectivity index (χ1v) is 31.6. The summed E-state index contributed by atoms with van der Waals surface area (Å²) in [5.41, 5.74) is 0. The van der Waals surface area contributed by atoms with Crippen LogP contribution in [0.15, 0.2) is 24.3 Å². The molecule has 0 aromatic rings. The van der Waals surface area contributed by atoms with Crippen LogP contribution in [0.3, 0.4) is 0 Å². The fraction of sp³-hybridized carbons (Fsp3) is 0.905. The van der Waals surface area contributed by atoms with E-state index in [0.29, 0.717) is 19.3 Å². The number of allylic oxidation sites excluding steroid dienone is 3. The summed E-state index contributed by atoms with van der Waals surface area (Å²) in [6, 6.07) is -1.02. The van der Waals surface area contributed by atoms with Crippen LogP contribution in [0.4, 0.5) is 0 Å². The van der Waals surface area contributed by atoms with Gasteiger partial charge in [0.15, 0.2) is 12.4 Å². The molecular weight excluding hydrogens is 931 g/mol. The topological polar surface area (TPSA) is 175 Å². The maximum Gasteiger partial charge on any atom is 0.306 e. The van der Waals surface area contributed by atoms with Gasteiger partial charge >= 0.3 is 5.97 Å². The van der Waals surface area contributed by atoms with Crippen LogP contribution in [0, 0.1) is 0 Å². The molecule has 8 atom stereocenters. The number of hydrogen-bond donors (Lipinski definition) is 6. The molecule has 1 aliphatic heterocycles. The number of amides is 1. The smallest absolute Gasteiger partial charge is 0.306 e. The Kier molecular flexibility index (Phi) is 49.2. The Balaban J connectivity index is 2.63. The molecule has 436 valence electrons. The van der Waals surface area contributed by atoms with Crippen LogP contribution in [0.25, 0.3) is 0 Å². The maximum atomic E-state index is 13.4. The van der Waals surface area contributed by atoms with Crippen molar-refractivity contribution < 1.29 is 49.3 Å². The van der Waals surface area contributed by atoms with Crippen LogP contribution in [0.1, 0.15) is 303 Å². The Morgan fingerprint density at radius 3 is 1.31 bits per heavy atom. The number of aliphatic hydroxyl groups excluding tert-OH is 5. The Hall–Kier alpha value is -1.86. The van der Waals surface area contributed by atoms with Crippen molar-refractivity contribution in [2.75, 3.05) is 13.2 Å². The van der Waals surface area contributed by atoms with E-state index in [2.05, 4.69) is 38.2 Å². The third-order valence-corrected chi connectivity index (χ3v) is 15.1. The lowest BCUT2D eigenvalue weighted by molar-refractivity contribution is -0.305. The van der Waals surface area contributed by atoms with Crippen molar-refractivity contribution in [2.45, 2.75) is 352 Å². The van der Waals surface area contributed by atoms with E-state index in [-0.39, 0.29) is 13.0 Å². The zero-order chi connectivity index (χ0) is 54.0. The number of hydrogen-bond acceptors (Lipinski definition) is 10. The highest BCUT2D eigenvalue weighted by Gasteiger charge is 2.47. The molecule has 1 aliphatic rings. The molecule has 1 rings (SSSR count). The minimum atomic E-state index is -1.61. The molecule has 6 N–H and O–H groups in total. The van der Waals surface area contributed by atoms with Crippen LogP contribution in [-0.4, -0.2) is 99.6 Å². The van der Waals surface area contributed by atoms with Gasteiger partial charge in [-0.25, -0.2) is 0 Å². The van der Waals surface area contributed by atoms with Gasteiger partial charge in [-0.3, -0.25) is 9.59 Å². The summed E-state index contributed by atoms with van der Waals surface area (Å²) >= 11 is 0. The summed E-state index contributed by atoms with van der Waals surface area (Å²) in [4.78, 5) is 26.5. The van der Waals surface area contributed by atoms with Crippen molar-refractivity contribution in [3.63, 3.8) is 0 Å². The summed E-state index contributed by atoms with van der Waals surface area (Å²) in [6.07, 6.45) is 49.3. The molecular formula is C63H119NO10. The van der Waals surface area contributed by atoms with E-state index >= 15 is 0 Å². The zero-order valence-corrected chi connectivity index (χ0v) is 48.2. The van der Waals surface area contributed by atoms with Gasteiger partial charge in [0, 0.05) is 6.42 Å². The average molecular weight is 1050 g/mol. The summed E-state index contributed by atoms with van der Waals surface area (Å²) in [5, 5.41) is 56.9. The molecule has 1 amide bonds. The van der Waals surface area contributed by atoms with Crippen LogP contribution >= 0.6 is 0 Å². The quantitative estimate of drug-likeness (QED) is 0.0195. The van der Waals surface area contributed by atoms with Gasteiger partial charge in [0.2, 0.25) is 5.91 Å². The molecule has 1 saturated heterocycles. The Morgan fingerprint density at radius 1 is 0.514 bits per heavy atom. The number of carbonyl (C=O) groups excluding carboxylic acids is 2. The predicted octanol–water partition coefficient (Wildman–Crippen LogP) is 14.9. The summed E-state index contributed by atoms with van der Waals surface area (Å²) < 4.78 is 17.6. The number of aliphatic hydroxyl groups is 5. The first-order valence-electron chi connectivity index (χ1n) is 31.6. The standard InChI is InChI=1S/C63H119NO10/c1-4-7-10-13-16-19-22-24-26-27-28-29-30-31-32-35-38-41-44-47-50-56(67)62(71)64-54(55(66)49-46-43-40-37-34-21-18-15-12-9-6-3)53-72-63-61(60(70)59(69)57(52-65)73-63)74-58(68)51-48-45-42-39-36-33-25-23-20-17-14-11-8-5-2/h24,26,46,49,54-57,59-61,63,65-67,69-70H,4-23,25,27-45,47-48,50-53H2,1-3H3,(H,64,71)/b26-24+,49-46+. The van der Waals surface area contributed by atoms with Gasteiger partial charge in [0.1, 0.15) is 24.4 Å². The molecule has 0 saturated carbocycles. The van der Waals surface area contributed by atoms with Crippen LogP contribution in [0.2, 0.25) is 0 Å². The molecule has 11 heteroatoms.